The molecule has 0 aliphatic carbocycles. The van der Waals surface area contributed by atoms with Crippen LogP contribution in [0.5, 0.6) is 0 Å². The van der Waals surface area contributed by atoms with E-state index in [9.17, 15) is 4.79 Å². The molecule has 6 nitrogen and oxygen atoms in total. The third-order valence-corrected chi connectivity index (χ3v) is 0.357. The topological polar surface area (TPSA) is 115 Å². The van der Waals surface area contributed by atoms with Crippen molar-refractivity contribution < 1.29 is 44.3 Å². The van der Waals surface area contributed by atoms with Gasteiger partial charge in [0.05, 0.1) is 0 Å². The second kappa shape index (κ2) is 6.98. The van der Waals surface area contributed by atoms with Gasteiger partial charge in [0.15, 0.2) is 0 Å². The summed E-state index contributed by atoms with van der Waals surface area (Å²) in [6.45, 7) is 1.20. The zero-order valence-corrected chi connectivity index (χ0v) is 6.74. The molecule has 0 aromatic heterocycles. The van der Waals surface area contributed by atoms with Crippen LogP contribution in [0.1, 0.15) is 6.92 Å². The molecule has 0 saturated carbocycles. The molecule has 0 heterocycles. The van der Waals surface area contributed by atoms with Crippen LogP contribution in [0.2, 0.25) is 0 Å². The van der Waals surface area contributed by atoms with Crippen molar-refractivity contribution in [2.24, 2.45) is 0 Å². The van der Waals surface area contributed by atoms with Crippen LogP contribution in [0.4, 0.5) is 0 Å². The van der Waals surface area contributed by atoms with Gasteiger partial charge in [-0.1, -0.05) is 0 Å². The van der Waals surface area contributed by atoms with E-state index in [2.05, 4.69) is 0 Å². The Morgan fingerprint density at radius 3 is 1.60 bits per heavy atom. The molecular weight excluding hydrogens is 180 g/mol. The van der Waals surface area contributed by atoms with Crippen LogP contribution in [0.3, 0.4) is 0 Å². The Hall–Kier alpha value is -0.136. The van der Waals surface area contributed by atoms with Crippen molar-refractivity contribution in [3.63, 3.8) is 0 Å². The zero-order valence-electron chi connectivity index (χ0n) is 5.18. The molecule has 0 aromatic carbocycles. The molecule has 10 heavy (non-hydrogen) atoms. The van der Waals surface area contributed by atoms with E-state index < -0.39 is 30.7 Å². The van der Waals surface area contributed by atoms with Gasteiger partial charge in [-0.3, -0.25) is 0 Å². The predicted molar refractivity (Wildman–Crippen MR) is 24.4 cm³/mol. The summed E-state index contributed by atoms with van der Waals surface area (Å²) in [4.78, 5) is 9.45. The second-order valence-electron chi connectivity index (χ2n) is 1.30. The summed E-state index contributed by atoms with van der Waals surface area (Å²) in [6.07, 6.45) is -1.23. The summed E-state index contributed by atoms with van der Waals surface area (Å²) in [5.74, 6) is -1.19. The number of aliphatic hydroxyl groups is 1. The fraction of sp³-hybridized carbons (Fsp3) is 0.667. The number of aliphatic hydroxyl groups excluding tert-OH is 1. The summed E-state index contributed by atoms with van der Waals surface area (Å²) in [5.41, 5.74) is 0. The molecule has 0 spiro atoms. The van der Waals surface area contributed by atoms with Crippen molar-refractivity contribution in [3.8, 4) is 0 Å². The Labute approximate surface area is 63.8 Å². The molecule has 0 aliphatic heterocycles. The number of hydrogen-bond acceptors (Lipinski definition) is 3. The molecule has 0 amide bonds. The summed E-state index contributed by atoms with van der Waals surface area (Å²) in [5, 5.41) is 15.8. The van der Waals surface area contributed by atoms with Gasteiger partial charge in [0.2, 0.25) is 0 Å². The van der Waals surface area contributed by atoms with Gasteiger partial charge in [0.25, 0.3) is 0 Å². The molecule has 0 aliphatic rings. The van der Waals surface area contributed by atoms with Gasteiger partial charge in [0, 0.05) is 0 Å². The molecule has 0 fully saturated rings. The van der Waals surface area contributed by atoms with Gasteiger partial charge < -0.3 is 10.2 Å². The number of carboxylic acid groups (broad SMARTS) is 1. The van der Waals surface area contributed by atoms with Gasteiger partial charge in [-0.15, -0.1) is 0 Å². The van der Waals surface area contributed by atoms with Crippen molar-refractivity contribution >= 4 is 5.97 Å². The van der Waals surface area contributed by atoms with Crippen LogP contribution in [0.25, 0.3) is 0 Å². The van der Waals surface area contributed by atoms with Gasteiger partial charge >= 0.3 is 35.3 Å². The Morgan fingerprint density at radius 2 is 1.60 bits per heavy atom. The number of carbonyl (C=O) groups is 1. The monoisotopic (exact) mass is 188 g/mol. The molecule has 0 bridgehead atoms. The van der Waals surface area contributed by atoms with Crippen molar-refractivity contribution in [3.05, 3.63) is 0 Å². The Morgan fingerprint density at radius 1 is 1.50 bits per heavy atom. The van der Waals surface area contributed by atoms with Gasteiger partial charge in [-0.05, 0) is 6.92 Å². The van der Waals surface area contributed by atoms with Crippen molar-refractivity contribution in [1.82, 2.24) is 0 Å². The SMILES string of the molecule is CC(O)C(=O)O.[O]=[Ti]([OH])[OH]. The van der Waals surface area contributed by atoms with E-state index in [1.54, 1.807) is 0 Å². The van der Waals surface area contributed by atoms with E-state index in [0.717, 1.165) is 0 Å². The summed E-state index contributed by atoms with van der Waals surface area (Å²) in [6, 6.07) is 0. The first-order valence-corrected chi connectivity index (χ1v) is 4.24. The second-order valence-corrected chi connectivity index (χ2v) is 2.18. The minimum absolute atomic E-state index is 1.19. The molecule has 60 valence electrons. The van der Waals surface area contributed by atoms with E-state index in [1.807, 2.05) is 0 Å². The predicted octanol–water partition coefficient (Wildman–Crippen LogP) is -1.78. The fourth-order valence-corrected chi connectivity index (χ4v) is 0. The van der Waals surface area contributed by atoms with Crippen LogP contribution < -0.4 is 0 Å². The van der Waals surface area contributed by atoms with Crippen LogP contribution in [0, 0.1) is 0 Å². The Kier molecular flexibility index (Phi) is 8.74. The first-order chi connectivity index (χ1) is 4.37. The molecule has 0 rings (SSSR count). The maximum atomic E-state index is 9.45. The third kappa shape index (κ3) is 24.8. The van der Waals surface area contributed by atoms with Crippen molar-refractivity contribution in [2.45, 2.75) is 13.0 Å². The summed E-state index contributed by atoms with van der Waals surface area (Å²) in [7, 11) is 0. The number of hydrogen-bond donors (Lipinski definition) is 4. The molecule has 0 aromatic rings. The van der Waals surface area contributed by atoms with Crippen LogP contribution >= 0.6 is 0 Å². The van der Waals surface area contributed by atoms with E-state index in [-0.39, 0.29) is 0 Å². The summed E-state index contributed by atoms with van der Waals surface area (Å²) >= 11 is -3.58. The average molecular weight is 188 g/mol. The molecule has 1 atom stereocenters. The van der Waals surface area contributed by atoms with Crippen molar-refractivity contribution in [2.75, 3.05) is 0 Å². The van der Waals surface area contributed by atoms with E-state index >= 15 is 0 Å². The van der Waals surface area contributed by atoms with Gasteiger partial charge in [0.1, 0.15) is 6.10 Å². The van der Waals surface area contributed by atoms with E-state index in [4.69, 9.17) is 20.9 Å². The Balaban J connectivity index is 0. The minimum atomic E-state index is -3.58. The Bertz CT molecular complexity index is 116. The molecular formula is C3H8O6Ti. The molecule has 0 saturated heterocycles. The number of rotatable bonds is 1. The zero-order chi connectivity index (χ0) is 8.73. The van der Waals surface area contributed by atoms with Crippen molar-refractivity contribution in [1.29, 1.82) is 0 Å². The molecule has 1 unspecified atom stereocenters. The van der Waals surface area contributed by atoms with Gasteiger partial charge in [-0.2, -0.15) is 0 Å². The normalized spacial score (nSPS) is 10.8. The first kappa shape index (κ1) is 12.5. The van der Waals surface area contributed by atoms with Crippen LogP contribution in [-0.4, -0.2) is 29.7 Å². The van der Waals surface area contributed by atoms with E-state index in [0.29, 0.717) is 0 Å². The summed E-state index contributed by atoms with van der Waals surface area (Å²) < 4.78 is 23.2. The molecule has 7 heteroatoms. The fourth-order valence-electron chi connectivity index (χ4n) is 0. The quantitative estimate of drug-likeness (QED) is 0.361. The van der Waals surface area contributed by atoms with Crippen LogP contribution in [-0.2, 0) is 26.7 Å². The first-order valence-electron chi connectivity index (χ1n) is 2.20. The van der Waals surface area contributed by atoms with Crippen LogP contribution in [0.15, 0.2) is 0 Å². The molecule has 0 radical (unpaired) electrons. The maximum absolute atomic E-state index is 9.45. The molecule has 4 N–H and O–H groups in total. The van der Waals surface area contributed by atoms with E-state index in [1.165, 1.54) is 6.92 Å². The number of carboxylic acids is 1. The number of aliphatic carboxylic acids is 1. The van der Waals surface area contributed by atoms with Gasteiger partial charge in [-0.25, -0.2) is 4.79 Å². The average Bonchev–Trinajstić information content (AvgIpc) is 1.63. The third-order valence-electron chi connectivity index (χ3n) is 0.357. The standard InChI is InChI=1S/C3H6O3.2H2O.O.Ti/c1-2(4)3(5)6;;;;/h2,4H,1H3,(H,5,6);2*1H2;;/q;;;;+2/p-2.